The van der Waals surface area contributed by atoms with E-state index in [9.17, 15) is 14.5 Å². The molecule has 10 heteroatoms. The zero-order valence-electron chi connectivity index (χ0n) is 11.7. The Morgan fingerprint density at radius 2 is 2.17 bits per heavy atom. The molecule has 0 aliphatic rings. The van der Waals surface area contributed by atoms with Crippen molar-refractivity contribution in [3.8, 4) is 11.5 Å². The van der Waals surface area contributed by atoms with Crippen molar-refractivity contribution in [1.82, 2.24) is 14.6 Å². The van der Waals surface area contributed by atoms with E-state index in [1.54, 1.807) is 0 Å². The Kier molecular flexibility index (Phi) is 3.70. The molecule has 3 heterocycles. The van der Waals surface area contributed by atoms with Crippen molar-refractivity contribution in [3.63, 3.8) is 0 Å². The van der Waals surface area contributed by atoms with E-state index < -0.39 is 16.6 Å². The van der Waals surface area contributed by atoms with E-state index in [0.29, 0.717) is 11.3 Å². The van der Waals surface area contributed by atoms with Crippen LogP contribution in [0, 0.1) is 15.9 Å². The number of rotatable bonds is 4. The molecule has 1 N–H and O–H groups in total. The first-order valence-corrected chi connectivity index (χ1v) is 6.70. The Morgan fingerprint density at radius 1 is 1.39 bits per heavy atom. The lowest BCUT2D eigenvalue weighted by Crippen LogP contribution is -2.01. The summed E-state index contributed by atoms with van der Waals surface area (Å²) >= 11 is 6.13. The number of anilines is 1. The zero-order chi connectivity index (χ0) is 16.6. The topological polar surface area (TPSA) is 94.6 Å². The molecule has 0 aromatic carbocycles. The normalized spacial score (nSPS) is 10.7. The van der Waals surface area contributed by atoms with Crippen LogP contribution < -0.4 is 10.1 Å². The van der Waals surface area contributed by atoms with Crippen LogP contribution in [0.5, 0.6) is 11.5 Å². The fourth-order valence-corrected chi connectivity index (χ4v) is 2.29. The van der Waals surface area contributed by atoms with Crippen molar-refractivity contribution >= 4 is 28.6 Å². The first-order valence-electron chi connectivity index (χ1n) is 6.32. The highest BCUT2D eigenvalue weighted by Gasteiger charge is 2.23. The monoisotopic (exact) mass is 337 g/mol. The summed E-state index contributed by atoms with van der Waals surface area (Å²) in [6.45, 7) is 0. The number of fused-ring (bicyclic) bond motifs is 1. The predicted molar refractivity (Wildman–Crippen MR) is 80.7 cm³/mol. The minimum Gasteiger partial charge on any atom is -0.448 e. The molecule has 0 saturated carbocycles. The van der Waals surface area contributed by atoms with Crippen LogP contribution in [-0.4, -0.2) is 26.6 Å². The minimum atomic E-state index is -0.653. The van der Waals surface area contributed by atoms with Gasteiger partial charge in [-0.1, -0.05) is 11.6 Å². The van der Waals surface area contributed by atoms with Gasteiger partial charge >= 0.3 is 5.82 Å². The molecule has 0 unspecified atom stereocenters. The Balaban J connectivity index is 2.04. The Morgan fingerprint density at radius 3 is 2.87 bits per heavy atom. The summed E-state index contributed by atoms with van der Waals surface area (Å²) in [5.41, 5.74) is 0.545. The fraction of sp³-hybridized carbons (Fsp3) is 0.0769. The lowest BCUT2D eigenvalue weighted by atomic mass is 10.3. The highest BCUT2D eigenvalue weighted by Crippen LogP contribution is 2.39. The standard InChI is InChI=1S/C13H9ClFN5O3/c1-16-12-11(14)10(4-17-13(12)20(21)22)23-9-5-18-19-6-7(15)2-3-8(9)19/h2-6,16H,1H3. The molecule has 0 aliphatic heterocycles. The van der Waals surface area contributed by atoms with E-state index in [1.807, 2.05) is 0 Å². The van der Waals surface area contributed by atoms with Crippen molar-refractivity contribution in [2.24, 2.45) is 0 Å². The van der Waals surface area contributed by atoms with Crippen molar-refractivity contribution in [2.75, 3.05) is 12.4 Å². The number of ether oxygens (including phenoxy) is 1. The van der Waals surface area contributed by atoms with Gasteiger partial charge in [-0.2, -0.15) is 5.10 Å². The number of hydrogen-bond acceptors (Lipinski definition) is 6. The number of hydrogen-bond donors (Lipinski definition) is 1. The first-order chi connectivity index (χ1) is 11.0. The third kappa shape index (κ3) is 2.61. The maximum atomic E-state index is 13.2. The molecule has 3 aromatic heterocycles. The summed E-state index contributed by atoms with van der Waals surface area (Å²) in [5.74, 6) is -0.433. The van der Waals surface area contributed by atoms with Crippen LogP contribution in [0.1, 0.15) is 0 Å². The van der Waals surface area contributed by atoms with E-state index >= 15 is 0 Å². The van der Waals surface area contributed by atoms with Gasteiger partial charge in [0.05, 0.1) is 12.4 Å². The minimum absolute atomic E-state index is 0.00987. The fourth-order valence-electron chi connectivity index (χ4n) is 2.03. The van der Waals surface area contributed by atoms with Crippen LogP contribution in [0.25, 0.3) is 5.52 Å². The Hall–Kier alpha value is -2.94. The zero-order valence-corrected chi connectivity index (χ0v) is 12.4. The number of nitrogens with zero attached hydrogens (tertiary/aromatic N) is 4. The SMILES string of the molecule is CNc1c([N+](=O)[O-])ncc(Oc2cnn3cc(F)ccc23)c1Cl. The lowest BCUT2D eigenvalue weighted by Gasteiger charge is -2.08. The van der Waals surface area contributed by atoms with Gasteiger partial charge in [-0.05, 0) is 22.0 Å². The molecular weight excluding hydrogens is 329 g/mol. The molecule has 3 rings (SSSR count). The summed E-state index contributed by atoms with van der Waals surface area (Å²) in [7, 11) is 1.48. The largest absolute Gasteiger partial charge is 0.448 e. The van der Waals surface area contributed by atoms with Crippen molar-refractivity contribution in [1.29, 1.82) is 0 Å². The summed E-state index contributed by atoms with van der Waals surface area (Å²) in [6, 6.07) is 2.75. The predicted octanol–water partition coefficient (Wildman–Crippen LogP) is 3.26. The molecule has 8 nitrogen and oxygen atoms in total. The molecule has 3 aromatic rings. The Bertz CT molecular complexity index is 914. The van der Waals surface area contributed by atoms with Crippen LogP contribution in [0.15, 0.2) is 30.7 Å². The molecule has 0 radical (unpaired) electrons. The van der Waals surface area contributed by atoms with Crippen molar-refractivity contribution < 1.29 is 14.1 Å². The molecule has 0 bridgehead atoms. The Labute approximate surface area is 133 Å². The van der Waals surface area contributed by atoms with Crippen LogP contribution in [0.2, 0.25) is 5.02 Å². The average Bonchev–Trinajstić information content (AvgIpc) is 2.90. The second kappa shape index (κ2) is 5.69. The van der Waals surface area contributed by atoms with Crippen LogP contribution >= 0.6 is 11.6 Å². The van der Waals surface area contributed by atoms with Gasteiger partial charge in [0, 0.05) is 7.05 Å². The maximum Gasteiger partial charge on any atom is 0.388 e. The van der Waals surface area contributed by atoms with Gasteiger partial charge < -0.3 is 20.2 Å². The lowest BCUT2D eigenvalue weighted by molar-refractivity contribution is -0.388. The smallest absolute Gasteiger partial charge is 0.388 e. The highest BCUT2D eigenvalue weighted by molar-refractivity contribution is 6.35. The van der Waals surface area contributed by atoms with Crippen molar-refractivity contribution in [2.45, 2.75) is 0 Å². The quantitative estimate of drug-likeness (QED) is 0.580. The van der Waals surface area contributed by atoms with E-state index in [2.05, 4.69) is 15.4 Å². The third-order valence-electron chi connectivity index (χ3n) is 3.05. The van der Waals surface area contributed by atoms with Gasteiger partial charge in [-0.3, -0.25) is 0 Å². The molecule has 0 fully saturated rings. The molecular formula is C13H9ClFN5O3. The maximum absolute atomic E-state index is 13.2. The third-order valence-corrected chi connectivity index (χ3v) is 3.43. The number of nitro groups is 1. The van der Waals surface area contributed by atoms with Crippen molar-refractivity contribution in [3.05, 3.63) is 51.7 Å². The van der Waals surface area contributed by atoms with Crippen LogP contribution in [0.4, 0.5) is 15.9 Å². The van der Waals surface area contributed by atoms with Gasteiger partial charge in [-0.25, -0.2) is 8.91 Å². The summed E-state index contributed by atoms with van der Waals surface area (Å²) in [6.07, 6.45) is 3.72. The van der Waals surface area contributed by atoms with Gasteiger partial charge in [0.1, 0.15) is 16.4 Å². The van der Waals surface area contributed by atoms with Crippen LogP contribution in [-0.2, 0) is 0 Å². The molecule has 0 aliphatic carbocycles. The molecule has 0 spiro atoms. The number of pyridine rings is 2. The molecule has 118 valence electrons. The second-order valence-electron chi connectivity index (χ2n) is 4.43. The first kappa shape index (κ1) is 15.0. The summed E-state index contributed by atoms with van der Waals surface area (Å²) < 4.78 is 20.1. The van der Waals surface area contributed by atoms with E-state index in [1.165, 1.54) is 36.1 Å². The molecule has 23 heavy (non-hydrogen) atoms. The van der Waals surface area contributed by atoms with E-state index in [4.69, 9.17) is 16.3 Å². The second-order valence-corrected chi connectivity index (χ2v) is 4.81. The molecule has 0 atom stereocenters. The summed E-state index contributed by atoms with van der Waals surface area (Å²) in [4.78, 5) is 14.0. The average molecular weight is 338 g/mol. The highest BCUT2D eigenvalue weighted by atomic mass is 35.5. The molecule has 0 saturated heterocycles. The number of aromatic nitrogens is 3. The number of nitrogens with one attached hydrogen (secondary N) is 1. The van der Waals surface area contributed by atoms with Gasteiger partial charge in [0.2, 0.25) is 0 Å². The van der Waals surface area contributed by atoms with Gasteiger partial charge in [0.25, 0.3) is 0 Å². The van der Waals surface area contributed by atoms with E-state index in [0.717, 1.165) is 6.20 Å². The molecule has 0 amide bonds. The van der Waals surface area contributed by atoms with Crippen LogP contribution in [0.3, 0.4) is 0 Å². The number of halogens is 2. The summed E-state index contributed by atoms with van der Waals surface area (Å²) in [5, 5.41) is 17.5. The van der Waals surface area contributed by atoms with Gasteiger partial charge in [0.15, 0.2) is 23.4 Å². The van der Waals surface area contributed by atoms with Gasteiger partial charge in [-0.15, -0.1) is 0 Å². The van der Waals surface area contributed by atoms with E-state index in [-0.39, 0.29) is 16.5 Å².